The number of rotatable bonds is 4. The second-order valence-corrected chi connectivity index (χ2v) is 5.15. The molecule has 0 bridgehead atoms. The molecule has 8 heteroatoms. The SMILES string of the molecule is COC(=O)C1=CSC(C(=O)OC)=C(C(=O)OC)C1N(C)C. The van der Waals surface area contributed by atoms with Gasteiger partial charge < -0.3 is 14.2 Å². The predicted octanol–water partition coefficient (Wildman–Crippen LogP) is 0.320. The van der Waals surface area contributed by atoms with Crippen LogP contribution in [-0.2, 0) is 28.6 Å². The maximum absolute atomic E-state index is 12.1. The fourth-order valence-electron chi connectivity index (χ4n) is 1.91. The van der Waals surface area contributed by atoms with Crippen LogP contribution in [0.15, 0.2) is 21.5 Å². The van der Waals surface area contributed by atoms with Gasteiger partial charge in [0.1, 0.15) is 4.91 Å². The van der Waals surface area contributed by atoms with Gasteiger partial charge in [0.25, 0.3) is 0 Å². The number of carbonyl (C=O) groups excluding carboxylic acids is 3. The lowest BCUT2D eigenvalue weighted by atomic mass is 9.97. The van der Waals surface area contributed by atoms with E-state index in [1.54, 1.807) is 19.0 Å². The molecule has 0 aliphatic carbocycles. The standard InChI is InChI=1S/C13H17NO6S/c1-14(2)9-7(11(15)18-3)6-21-10(13(17)20-5)8(9)12(16)19-4/h6,9H,1-5H3. The van der Waals surface area contributed by atoms with Gasteiger partial charge in [0.2, 0.25) is 0 Å². The summed E-state index contributed by atoms with van der Waals surface area (Å²) in [7, 11) is 7.02. The number of thioether (sulfide) groups is 1. The zero-order valence-corrected chi connectivity index (χ0v) is 13.3. The molecule has 0 aromatic carbocycles. The molecule has 0 spiro atoms. The Labute approximate surface area is 126 Å². The van der Waals surface area contributed by atoms with Gasteiger partial charge in [0.15, 0.2) is 0 Å². The molecule has 1 heterocycles. The summed E-state index contributed by atoms with van der Waals surface area (Å²) in [6, 6.07) is -0.750. The third kappa shape index (κ3) is 3.45. The minimum atomic E-state index is -0.750. The maximum Gasteiger partial charge on any atom is 0.345 e. The summed E-state index contributed by atoms with van der Waals surface area (Å²) in [5.74, 6) is -1.94. The molecular formula is C13H17NO6S. The average molecular weight is 315 g/mol. The summed E-state index contributed by atoms with van der Waals surface area (Å²) < 4.78 is 14.1. The van der Waals surface area contributed by atoms with E-state index >= 15 is 0 Å². The van der Waals surface area contributed by atoms with Gasteiger partial charge in [0, 0.05) is 0 Å². The van der Waals surface area contributed by atoms with E-state index in [4.69, 9.17) is 9.47 Å². The highest BCUT2D eigenvalue weighted by Gasteiger charge is 2.39. The minimum Gasteiger partial charge on any atom is -0.466 e. The van der Waals surface area contributed by atoms with E-state index in [2.05, 4.69) is 4.74 Å². The van der Waals surface area contributed by atoms with Crippen LogP contribution in [0.25, 0.3) is 0 Å². The van der Waals surface area contributed by atoms with E-state index in [1.165, 1.54) is 26.7 Å². The second kappa shape index (κ2) is 7.28. The van der Waals surface area contributed by atoms with Crippen LogP contribution >= 0.6 is 11.8 Å². The number of methoxy groups -OCH3 is 3. The molecular weight excluding hydrogens is 298 g/mol. The van der Waals surface area contributed by atoms with Crippen molar-refractivity contribution in [2.75, 3.05) is 35.4 Å². The normalized spacial score (nSPS) is 18.2. The van der Waals surface area contributed by atoms with E-state index < -0.39 is 23.9 Å². The Hall–Kier alpha value is -1.80. The molecule has 0 aromatic rings. The first-order valence-corrected chi connectivity index (χ1v) is 6.79. The number of ether oxygens (including phenoxy) is 3. The Bertz CT molecular complexity index is 523. The minimum absolute atomic E-state index is 0.0576. The van der Waals surface area contributed by atoms with Crippen LogP contribution < -0.4 is 0 Å². The van der Waals surface area contributed by atoms with Gasteiger partial charge in [-0.1, -0.05) is 11.8 Å². The molecule has 0 radical (unpaired) electrons. The fraction of sp³-hybridized carbons (Fsp3) is 0.462. The van der Waals surface area contributed by atoms with Crippen LogP contribution in [0.5, 0.6) is 0 Å². The van der Waals surface area contributed by atoms with Gasteiger partial charge in [-0.25, -0.2) is 14.4 Å². The lowest BCUT2D eigenvalue weighted by Crippen LogP contribution is -2.40. The summed E-state index contributed by atoms with van der Waals surface area (Å²) in [6.07, 6.45) is 0. The molecule has 0 fully saturated rings. The van der Waals surface area contributed by atoms with E-state index in [0.717, 1.165) is 11.8 Å². The highest BCUT2D eigenvalue weighted by atomic mass is 32.2. The first-order valence-electron chi connectivity index (χ1n) is 5.91. The van der Waals surface area contributed by atoms with Gasteiger partial charge in [-0.2, -0.15) is 0 Å². The average Bonchev–Trinajstić information content (AvgIpc) is 2.50. The molecule has 1 rings (SSSR count). The van der Waals surface area contributed by atoms with Gasteiger partial charge >= 0.3 is 17.9 Å². The summed E-state index contributed by atoms with van der Waals surface area (Å²) >= 11 is 0.935. The quantitative estimate of drug-likeness (QED) is 0.542. The monoisotopic (exact) mass is 315 g/mol. The van der Waals surface area contributed by atoms with Crippen molar-refractivity contribution in [2.24, 2.45) is 0 Å². The molecule has 1 aliphatic rings. The topological polar surface area (TPSA) is 82.1 Å². The first-order chi connectivity index (χ1) is 9.88. The Kier molecular flexibility index (Phi) is 5.98. The molecule has 21 heavy (non-hydrogen) atoms. The molecule has 0 amide bonds. The summed E-state index contributed by atoms with van der Waals surface area (Å²) in [5, 5.41) is 1.48. The molecule has 1 atom stereocenters. The molecule has 1 unspecified atom stereocenters. The summed E-state index contributed by atoms with van der Waals surface area (Å²) in [6.45, 7) is 0. The smallest absolute Gasteiger partial charge is 0.345 e. The van der Waals surface area contributed by atoms with Crippen LogP contribution in [-0.4, -0.2) is 64.3 Å². The van der Waals surface area contributed by atoms with E-state index in [0.29, 0.717) is 0 Å². The Morgan fingerprint density at radius 3 is 1.95 bits per heavy atom. The van der Waals surface area contributed by atoms with E-state index in [-0.39, 0.29) is 16.1 Å². The van der Waals surface area contributed by atoms with Crippen LogP contribution in [0.1, 0.15) is 0 Å². The van der Waals surface area contributed by atoms with Gasteiger partial charge in [0.05, 0.1) is 38.5 Å². The van der Waals surface area contributed by atoms with Crippen molar-refractivity contribution in [3.05, 3.63) is 21.5 Å². The maximum atomic E-state index is 12.1. The third-order valence-corrected chi connectivity index (χ3v) is 3.82. The van der Waals surface area contributed by atoms with Crippen molar-refractivity contribution >= 4 is 29.7 Å². The van der Waals surface area contributed by atoms with Crippen molar-refractivity contribution < 1.29 is 28.6 Å². The molecule has 0 saturated carbocycles. The summed E-state index contributed by atoms with van der Waals surface area (Å²) in [4.78, 5) is 37.5. The molecule has 0 aromatic heterocycles. The third-order valence-electron chi connectivity index (χ3n) is 2.83. The van der Waals surface area contributed by atoms with E-state index in [9.17, 15) is 14.4 Å². The van der Waals surface area contributed by atoms with Crippen LogP contribution in [0.2, 0.25) is 0 Å². The highest BCUT2D eigenvalue weighted by molar-refractivity contribution is 8.06. The largest absolute Gasteiger partial charge is 0.466 e. The highest BCUT2D eigenvalue weighted by Crippen LogP contribution is 2.36. The molecule has 7 nitrogen and oxygen atoms in total. The van der Waals surface area contributed by atoms with Crippen molar-refractivity contribution in [1.82, 2.24) is 4.90 Å². The number of carbonyl (C=O) groups is 3. The zero-order chi connectivity index (χ0) is 16.2. The van der Waals surface area contributed by atoms with Crippen molar-refractivity contribution in [3.8, 4) is 0 Å². The van der Waals surface area contributed by atoms with Crippen LogP contribution in [0.4, 0.5) is 0 Å². The van der Waals surface area contributed by atoms with Gasteiger partial charge in [-0.05, 0) is 19.5 Å². The molecule has 0 saturated heterocycles. The predicted molar refractivity (Wildman–Crippen MR) is 76.2 cm³/mol. The molecule has 0 N–H and O–H groups in total. The number of hydrogen-bond donors (Lipinski definition) is 0. The van der Waals surface area contributed by atoms with Gasteiger partial charge in [-0.15, -0.1) is 0 Å². The zero-order valence-electron chi connectivity index (χ0n) is 12.5. The Morgan fingerprint density at radius 1 is 1.00 bits per heavy atom. The number of likely N-dealkylation sites (N-methyl/N-ethyl adjacent to an activating group) is 1. The number of nitrogens with zero attached hydrogens (tertiary/aromatic N) is 1. The van der Waals surface area contributed by atoms with E-state index in [1.807, 2.05) is 0 Å². The lowest BCUT2D eigenvalue weighted by molar-refractivity contribution is -0.140. The lowest BCUT2D eigenvalue weighted by Gasteiger charge is -2.30. The van der Waals surface area contributed by atoms with Crippen LogP contribution in [0, 0.1) is 0 Å². The van der Waals surface area contributed by atoms with Crippen molar-refractivity contribution in [1.29, 1.82) is 0 Å². The van der Waals surface area contributed by atoms with Crippen molar-refractivity contribution in [2.45, 2.75) is 6.04 Å². The first kappa shape index (κ1) is 17.3. The van der Waals surface area contributed by atoms with Crippen molar-refractivity contribution in [3.63, 3.8) is 0 Å². The number of hydrogen-bond acceptors (Lipinski definition) is 8. The fourth-order valence-corrected chi connectivity index (χ4v) is 2.88. The molecule has 1 aliphatic heterocycles. The second-order valence-electron chi connectivity index (χ2n) is 4.27. The number of esters is 3. The Morgan fingerprint density at radius 2 is 1.52 bits per heavy atom. The Balaban J connectivity index is 3.44. The molecule has 116 valence electrons. The van der Waals surface area contributed by atoms with Gasteiger partial charge in [-0.3, -0.25) is 4.90 Å². The van der Waals surface area contributed by atoms with Crippen LogP contribution in [0.3, 0.4) is 0 Å². The summed E-state index contributed by atoms with van der Waals surface area (Å²) in [5.41, 5.74) is 0.308.